The van der Waals surface area contributed by atoms with Crippen molar-refractivity contribution >= 4 is 22.8 Å². The standard InChI is InChI=1S/C23H23NO5/c1-5-28-22(27)23(3,4)29-16-11-9-15(10-12-16)20-18(21(25)26)13-17-14(2)7-6-8-19(17)24-20/h6-13H,5H2,1-4H3,(H,25,26). The van der Waals surface area contributed by atoms with Crippen LogP contribution in [0.2, 0.25) is 0 Å². The Morgan fingerprint density at radius 1 is 1.10 bits per heavy atom. The summed E-state index contributed by atoms with van der Waals surface area (Å²) in [6.45, 7) is 7.20. The summed E-state index contributed by atoms with van der Waals surface area (Å²) in [5.41, 5.74) is 1.72. The molecule has 0 saturated heterocycles. The zero-order valence-electron chi connectivity index (χ0n) is 16.9. The number of aryl methyl sites for hydroxylation is 1. The fraction of sp³-hybridized carbons (Fsp3) is 0.261. The highest BCUT2D eigenvalue weighted by Gasteiger charge is 2.31. The number of hydrogen-bond donors (Lipinski definition) is 1. The van der Waals surface area contributed by atoms with Crippen molar-refractivity contribution in [2.24, 2.45) is 0 Å². The van der Waals surface area contributed by atoms with Crippen LogP contribution in [0.4, 0.5) is 0 Å². The molecule has 0 unspecified atom stereocenters. The molecule has 0 radical (unpaired) electrons. The third-order valence-corrected chi connectivity index (χ3v) is 4.58. The van der Waals surface area contributed by atoms with E-state index in [9.17, 15) is 14.7 Å². The van der Waals surface area contributed by atoms with E-state index >= 15 is 0 Å². The second-order valence-electron chi connectivity index (χ2n) is 7.19. The number of carboxylic acid groups (broad SMARTS) is 1. The third kappa shape index (κ3) is 4.21. The molecule has 0 fully saturated rings. The lowest BCUT2D eigenvalue weighted by Crippen LogP contribution is -2.39. The van der Waals surface area contributed by atoms with E-state index in [0.717, 1.165) is 16.5 Å². The van der Waals surface area contributed by atoms with E-state index < -0.39 is 17.5 Å². The van der Waals surface area contributed by atoms with Crippen LogP contribution in [-0.2, 0) is 9.53 Å². The highest BCUT2D eigenvalue weighted by molar-refractivity contribution is 6.00. The predicted molar refractivity (Wildman–Crippen MR) is 110 cm³/mol. The van der Waals surface area contributed by atoms with Gasteiger partial charge in [-0.1, -0.05) is 12.1 Å². The maximum Gasteiger partial charge on any atom is 0.349 e. The van der Waals surface area contributed by atoms with Gasteiger partial charge in [-0.05, 0) is 69.7 Å². The van der Waals surface area contributed by atoms with Crippen molar-refractivity contribution in [3.05, 3.63) is 59.7 Å². The van der Waals surface area contributed by atoms with Gasteiger partial charge < -0.3 is 14.6 Å². The molecule has 150 valence electrons. The van der Waals surface area contributed by atoms with Crippen LogP contribution in [0, 0.1) is 6.92 Å². The average molecular weight is 393 g/mol. The first-order chi connectivity index (χ1) is 13.7. The first-order valence-electron chi connectivity index (χ1n) is 9.33. The molecule has 1 heterocycles. The van der Waals surface area contributed by atoms with Gasteiger partial charge in [0.15, 0.2) is 5.60 Å². The Morgan fingerprint density at radius 3 is 2.41 bits per heavy atom. The number of aromatic carboxylic acids is 1. The van der Waals surface area contributed by atoms with Gasteiger partial charge in [0.2, 0.25) is 0 Å². The van der Waals surface area contributed by atoms with Crippen molar-refractivity contribution in [1.82, 2.24) is 4.98 Å². The van der Waals surface area contributed by atoms with Crippen molar-refractivity contribution in [3.8, 4) is 17.0 Å². The van der Waals surface area contributed by atoms with Crippen LogP contribution in [-0.4, -0.2) is 34.2 Å². The van der Waals surface area contributed by atoms with E-state index in [-0.39, 0.29) is 12.2 Å². The van der Waals surface area contributed by atoms with Gasteiger partial charge in [0.25, 0.3) is 0 Å². The quantitative estimate of drug-likeness (QED) is 0.615. The minimum Gasteiger partial charge on any atom is -0.478 e. The molecular weight excluding hydrogens is 370 g/mol. The summed E-state index contributed by atoms with van der Waals surface area (Å²) < 4.78 is 10.8. The molecule has 0 aliphatic carbocycles. The summed E-state index contributed by atoms with van der Waals surface area (Å²) in [6.07, 6.45) is 0. The average Bonchev–Trinajstić information content (AvgIpc) is 2.68. The lowest BCUT2D eigenvalue weighted by Gasteiger charge is -2.24. The summed E-state index contributed by atoms with van der Waals surface area (Å²) >= 11 is 0. The number of ether oxygens (including phenoxy) is 2. The number of fused-ring (bicyclic) bond motifs is 1. The summed E-state index contributed by atoms with van der Waals surface area (Å²) in [4.78, 5) is 28.4. The number of esters is 1. The molecule has 6 nitrogen and oxygen atoms in total. The molecular formula is C23H23NO5. The van der Waals surface area contributed by atoms with Gasteiger partial charge >= 0.3 is 11.9 Å². The van der Waals surface area contributed by atoms with Gasteiger partial charge in [-0.15, -0.1) is 0 Å². The lowest BCUT2D eigenvalue weighted by molar-refractivity contribution is -0.158. The van der Waals surface area contributed by atoms with Crippen molar-refractivity contribution < 1.29 is 24.2 Å². The molecule has 3 aromatic rings. The lowest BCUT2D eigenvalue weighted by atomic mass is 10.0. The number of rotatable bonds is 6. The van der Waals surface area contributed by atoms with Crippen LogP contribution in [0.25, 0.3) is 22.2 Å². The Hall–Kier alpha value is -3.41. The Labute approximate surface area is 169 Å². The van der Waals surface area contributed by atoms with Gasteiger partial charge in [-0.2, -0.15) is 0 Å². The first kappa shape index (κ1) is 20.3. The second kappa shape index (κ2) is 7.91. The van der Waals surface area contributed by atoms with Crippen LogP contribution in [0.3, 0.4) is 0 Å². The van der Waals surface area contributed by atoms with Crippen molar-refractivity contribution in [3.63, 3.8) is 0 Å². The molecule has 6 heteroatoms. The highest BCUT2D eigenvalue weighted by atomic mass is 16.6. The minimum absolute atomic E-state index is 0.132. The number of carbonyl (C=O) groups excluding carboxylic acids is 1. The third-order valence-electron chi connectivity index (χ3n) is 4.58. The van der Waals surface area contributed by atoms with Crippen molar-refractivity contribution in [1.29, 1.82) is 0 Å². The zero-order valence-corrected chi connectivity index (χ0v) is 16.9. The van der Waals surface area contributed by atoms with Crippen LogP contribution in [0.15, 0.2) is 48.5 Å². The maximum absolute atomic E-state index is 12.0. The Bertz CT molecular complexity index is 1070. The molecule has 29 heavy (non-hydrogen) atoms. The predicted octanol–water partition coefficient (Wildman–Crippen LogP) is 4.63. The number of pyridine rings is 1. The van der Waals surface area contributed by atoms with Crippen LogP contribution in [0.5, 0.6) is 5.75 Å². The van der Waals surface area contributed by atoms with E-state index in [1.54, 1.807) is 51.1 Å². The highest BCUT2D eigenvalue weighted by Crippen LogP contribution is 2.29. The molecule has 2 aromatic carbocycles. The van der Waals surface area contributed by atoms with E-state index in [1.807, 2.05) is 25.1 Å². The molecule has 0 bridgehead atoms. The normalized spacial score (nSPS) is 11.3. The molecule has 0 saturated carbocycles. The summed E-state index contributed by atoms with van der Waals surface area (Å²) in [5.74, 6) is -1.02. The molecule has 1 N–H and O–H groups in total. The van der Waals surface area contributed by atoms with Crippen LogP contribution < -0.4 is 4.74 Å². The summed E-state index contributed by atoms with van der Waals surface area (Å²) in [7, 11) is 0. The second-order valence-corrected chi connectivity index (χ2v) is 7.19. The van der Waals surface area contributed by atoms with E-state index in [4.69, 9.17) is 9.47 Å². The SMILES string of the molecule is CCOC(=O)C(C)(C)Oc1ccc(-c2nc3cccc(C)c3cc2C(=O)O)cc1. The Kier molecular flexibility index (Phi) is 5.55. The number of hydrogen-bond acceptors (Lipinski definition) is 5. The number of carbonyl (C=O) groups is 2. The maximum atomic E-state index is 12.0. The minimum atomic E-state index is -1.14. The molecule has 0 spiro atoms. The van der Waals surface area contributed by atoms with Gasteiger partial charge in [0.1, 0.15) is 5.75 Å². The topological polar surface area (TPSA) is 85.7 Å². The van der Waals surface area contributed by atoms with Gasteiger partial charge in [0.05, 0.1) is 23.4 Å². The Balaban J connectivity index is 1.97. The number of aromatic nitrogens is 1. The van der Waals surface area contributed by atoms with Crippen LogP contribution >= 0.6 is 0 Å². The largest absolute Gasteiger partial charge is 0.478 e. The molecule has 0 aliphatic rings. The first-order valence-corrected chi connectivity index (χ1v) is 9.33. The molecule has 3 rings (SSSR count). The molecule has 0 aliphatic heterocycles. The fourth-order valence-electron chi connectivity index (χ4n) is 3.05. The number of benzene rings is 2. The fourth-order valence-corrected chi connectivity index (χ4v) is 3.05. The monoisotopic (exact) mass is 393 g/mol. The summed E-state index contributed by atoms with van der Waals surface area (Å²) in [6, 6.07) is 14.2. The number of carboxylic acids is 1. The van der Waals surface area contributed by atoms with Gasteiger partial charge in [-0.3, -0.25) is 0 Å². The van der Waals surface area contributed by atoms with E-state index in [0.29, 0.717) is 17.0 Å². The van der Waals surface area contributed by atoms with Crippen molar-refractivity contribution in [2.75, 3.05) is 6.61 Å². The smallest absolute Gasteiger partial charge is 0.349 e. The van der Waals surface area contributed by atoms with Crippen molar-refractivity contribution in [2.45, 2.75) is 33.3 Å². The Morgan fingerprint density at radius 2 is 1.79 bits per heavy atom. The van der Waals surface area contributed by atoms with Gasteiger partial charge in [0, 0.05) is 10.9 Å². The number of nitrogens with zero attached hydrogens (tertiary/aromatic N) is 1. The molecule has 0 amide bonds. The van der Waals surface area contributed by atoms with Crippen LogP contribution in [0.1, 0.15) is 36.7 Å². The van der Waals surface area contributed by atoms with Gasteiger partial charge in [-0.25, -0.2) is 14.6 Å². The van der Waals surface area contributed by atoms with E-state index in [1.165, 1.54) is 0 Å². The molecule has 0 atom stereocenters. The van der Waals surface area contributed by atoms with E-state index in [2.05, 4.69) is 4.98 Å². The zero-order chi connectivity index (χ0) is 21.2. The molecule has 1 aromatic heterocycles. The summed E-state index contributed by atoms with van der Waals surface area (Å²) in [5, 5.41) is 10.5.